The number of carbonyl (C=O) groups excluding carboxylic acids is 2. The highest BCUT2D eigenvalue weighted by atomic mass is 16.6. The van der Waals surface area contributed by atoms with Crippen molar-refractivity contribution in [3.05, 3.63) is 0 Å². The van der Waals surface area contributed by atoms with Gasteiger partial charge in [-0.15, -0.1) is 0 Å². The largest absolute Gasteiger partial charge is 0.393 e. The van der Waals surface area contributed by atoms with Crippen LogP contribution in [0.15, 0.2) is 0 Å². The van der Waals surface area contributed by atoms with E-state index in [0.717, 1.165) is 6.42 Å². The van der Waals surface area contributed by atoms with Gasteiger partial charge in [0.25, 0.3) is 0 Å². The van der Waals surface area contributed by atoms with Gasteiger partial charge in [-0.2, -0.15) is 0 Å². The van der Waals surface area contributed by atoms with E-state index in [-0.39, 0.29) is 18.4 Å². The third-order valence-electron chi connectivity index (χ3n) is 2.09. The first-order chi connectivity index (χ1) is 5.44. The van der Waals surface area contributed by atoms with Gasteiger partial charge in [0, 0.05) is 0 Å². The summed E-state index contributed by atoms with van der Waals surface area (Å²) >= 11 is 0. The summed E-state index contributed by atoms with van der Waals surface area (Å²) < 4.78 is 4.50. The van der Waals surface area contributed by atoms with E-state index in [1.807, 2.05) is 13.8 Å². The monoisotopic (exact) mass is 170 g/mol. The van der Waals surface area contributed by atoms with Crippen molar-refractivity contribution in [1.29, 1.82) is 0 Å². The zero-order valence-electron chi connectivity index (χ0n) is 7.72. The molecule has 0 radical (unpaired) electrons. The van der Waals surface area contributed by atoms with E-state index in [4.69, 9.17) is 0 Å². The molecule has 3 nitrogen and oxygen atoms in total. The average Bonchev–Trinajstić information content (AvgIpc) is 2.04. The van der Waals surface area contributed by atoms with Crippen LogP contribution in [0, 0.1) is 11.3 Å². The van der Waals surface area contributed by atoms with Gasteiger partial charge in [0.1, 0.15) is 0 Å². The minimum Gasteiger partial charge on any atom is -0.393 e. The van der Waals surface area contributed by atoms with Gasteiger partial charge in [-0.05, 0) is 19.3 Å². The van der Waals surface area contributed by atoms with Gasteiger partial charge in [0.05, 0.1) is 11.8 Å². The minimum atomic E-state index is -0.564. The highest BCUT2D eigenvalue weighted by Gasteiger charge is 2.45. The van der Waals surface area contributed by atoms with E-state index in [2.05, 4.69) is 4.74 Å². The van der Waals surface area contributed by atoms with Gasteiger partial charge in [-0.3, -0.25) is 9.59 Å². The molecule has 1 heterocycles. The van der Waals surface area contributed by atoms with Gasteiger partial charge in [-0.1, -0.05) is 13.8 Å². The van der Waals surface area contributed by atoms with Crippen LogP contribution < -0.4 is 0 Å². The molecule has 0 amide bonds. The molecule has 1 fully saturated rings. The molecule has 1 aliphatic heterocycles. The molecular weight excluding hydrogens is 156 g/mol. The molecule has 12 heavy (non-hydrogen) atoms. The summed E-state index contributed by atoms with van der Waals surface area (Å²) in [5.74, 6) is -0.335. The van der Waals surface area contributed by atoms with Crippen LogP contribution in [0.4, 0.5) is 0 Å². The molecule has 0 saturated carbocycles. The Morgan fingerprint density at radius 1 is 1.50 bits per heavy atom. The van der Waals surface area contributed by atoms with Gasteiger partial charge in [0.15, 0.2) is 0 Å². The van der Waals surface area contributed by atoms with Crippen LogP contribution in [0.5, 0.6) is 0 Å². The van der Waals surface area contributed by atoms with E-state index in [1.165, 1.54) is 0 Å². The van der Waals surface area contributed by atoms with Crippen molar-refractivity contribution in [2.24, 2.45) is 11.3 Å². The van der Waals surface area contributed by atoms with Crippen LogP contribution in [0.2, 0.25) is 0 Å². The van der Waals surface area contributed by atoms with Crippen molar-refractivity contribution in [2.45, 2.75) is 33.6 Å². The first-order valence-corrected chi connectivity index (χ1v) is 4.19. The molecular formula is C9H14O3. The van der Waals surface area contributed by atoms with Crippen LogP contribution >= 0.6 is 0 Å². The maximum Gasteiger partial charge on any atom is 0.320 e. The van der Waals surface area contributed by atoms with E-state index in [1.54, 1.807) is 6.92 Å². The lowest BCUT2D eigenvalue weighted by Gasteiger charge is -2.19. The summed E-state index contributed by atoms with van der Waals surface area (Å²) in [5, 5.41) is 0. The smallest absolute Gasteiger partial charge is 0.320 e. The van der Waals surface area contributed by atoms with Crippen LogP contribution in [0.25, 0.3) is 0 Å². The van der Waals surface area contributed by atoms with Crippen LogP contribution in [0.3, 0.4) is 0 Å². The summed E-state index contributed by atoms with van der Waals surface area (Å²) in [5.41, 5.74) is -0.564. The number of esters is 2. The van der Waals surface area contributed by atoms with E-state index >= 15 is 0 Å². The fourth-order valence-corrected chi connectivity index (χ4v) is 1.71. The number of ether oxygens (including phenoxy) is 1. The Balaban J connectivity index is 2.71. The van der Waals surface area contributed by atoms with Crippen molar-refractivity contribution in [2.75, 3.05) is 0 Å². The zero-order chi connectivity index (χ0) is 9.35. The highest BCUT2D eigenvalue weighted by Crippen LogP contribution is 2.36. The second kappa shape index (κ2) is 2.88. The third-order valence-corrected chi connectivity index (χ3v) is 2.09. The van der Waals surface area contributed by atoms with Gasteiger partial charge >= 0.3 is 11.9 Å². The van der Waals surface area contributed by atoms with Crippen LogP contribution in [0.1, 0.15) is 33.6 Å². The second-order valence-electron chi connectivity index (χ2n) is 4.10. The summed E-state index contributed by atoms with van der Waals surface area (Å²) in [6, 6.07) is 0. The molecule has 1 saturated heterocycles. The molecule has 0 aromatic carbocycles. The SMILES string of the molecule is CC(C)C[C@@]1(C)CC(=O)OC1=O. The molecule has 1 rings (SSSR count). The van der Waals surface area contributed by atoms with E-state index in [0.29, 0.717) is 5.92 Å². The van der Waals surface area contributed by atoms with Crippen LogP contribution in [-0.4, -0.2) is 11.9 Å². The molecule has 0 unspecified atom stereocenters. The molecule has 0 N–H and O–H groups in total. The summed E-state index contributed by atoms with van der Waals surface area (Å²) in [4.78, 5) is 22.0. The molecule has 68 valence electrons. The van der Waals surface area contributed by atoms with Gasteiger partial charge in [-0.25, -0.2) is 0 Å². The van der Waals surface area contributed by atoms with E-state index in [9.17, 15) is 9.59 Å². The fourth-order valence-electron chi connectivity index (χ4n) is 1.71. The predicted octanol–water partition coefficient (Wildman–Crippen LogP) is 1.51. The Labute approximate surface area is 72.1 Å². The van der Waals surface area contributed by atoms with Crippen molar-refractivity contribution in [1.82, 2.24) is 0 Å². The Bertz CT molecular complexity index is 220. The number of hydrogen-bond acceptors (Lipinski definition) is 3. The lowest BCUT2D eigenvalue weighted by Crippen LogP contribution is -2.24. The second-order valence-corrected chi connectivity index (χ2v) is 4.10. The Hall–Kier alpha value is -0.860. The standard InChI is InChI=1S/C9H14O3/c1-6(2)4-9(3)5-7(10)12-8(9)11/h6H,4-5H2,1-3H3/t9-/m0/s1. The molecule has 0 spiro atoms. The Kier molecular flexibility index (Phi) is 2.22. The molecule has 0 aliphatic carbocycles. The quantitative estimate of drug-likeness (QED) is 0.466. The average molecular weight is 170 g/mol. The number of rotatable bonds is 2. The zero-order valence-corrected chi connectivity index (χ0v) is 7.72. The van der Waals surface area contributed by atoms with Crippen molar-refractivity contribution < 1.29 is 14.3 Å². The normalized spacial score (nSPS) is 29.7. The summed E-state index contributed by atoms with van der Waals surface area (Å²) in [6.45, 7) is 5.85. The molecule has 0 bridgehead atoms. The first kappa shape index (κ1) is 9.23. The fraction of sp³-hybridized carbons (Fsp3) is 0.778. The summed E-state index contributed by atoms with van der Waals surface area (Å²) in [6.07, 6.45) is 0.960. The lowest BCUT2D eigenvalue weighted by atomic mass is 9.81. The first-order valence-electron chi connectivity index (χ1n) is 4.19. The maximum absolute atomic E-state index is 11.2. The molecule has 1 atom stereocenters. The van der Waals surface area contributed by atoms with Gasteiger partial charge < -0.3 is 4.74 Å². The van der Waals surface area contributed by atoms with Crippen molar-refractivity contribution >= 4 is 11.9 Å². The topological polar surface area (TPSA) is 43.4 Å². The molecule has 1 aliphatic rings. The number of cyclic esters (lactones) is 2. The lowest BCUT2D eigenvalue weighted by molar-refractivity contribution is -0.155. The molecule has 3 heteroatoms. The number of hydrogen-bond donors (Lipinski definition) is 0. The Morgan fingerprint density at radius 2 is 2.08 bits per heavy atom. The Morgan fingerprint density at radius 3 is 2.42 bits per heavy atom. The highest BCUT2D eigenvalue weighted by molar-refractivity contribution is 5.97. The van der Waals surface area contributed by atoms with Gasteiger partial charge in [0.2, 0.25) is 0 Å². The number of carbonyl (C=O) groups is 2. The predicted molar refractivity (Wildman–Crippen MR) is 43.3 cm³/mol. The van der Waals surface area contributed by atoms with E-state index < -0.39 is 5.41 Å². The summed E-state index contributed by atoms with van der Waals surface area (Å²) in [7, 11) is 0. The molecule has 0 aromatic heterocycles. The maximum atomic E-state index is 11.2. The van der Waals surface area contributed by atoms with Crippen molar-refractivity contribution in [3.8, 4) is 0 Å². The minimum absolute atomic E-state index is 0.240. The third kappa shape index (κ3) is 1.65. The van der Waals surface area contributed by atoms with Crippen LogP contribution in [-0.2, 0) is 14.3 Å². The van der Waals surface area contributed by atoms with Crippen molar-refractivity contribution in [3.63, 3.8) is 0 Å². The molecule has 0 aromatic rings.